The van der Waals surface area contributed by atoms with Gasteiger partial charge in [0, 0.05) is 33.9 Å². The van der Waals surface area contributed by atoms with E-state index in [4.69, 9.17) is 19.6 Å². The summed E-state index contributed by atoms with van der Waals surface area (Å²) >= 11 is 0. The molecule has 0 aromatic heterocycles. The van der Waals surface area contributed by atoms with Crippen LogP contribution in [0.2, 0.25) is 0 Å². The van der Waals surface area contributed by atoms with Crippen molar-refractivity contribution in [2.45, 2.75) is 26.2 Å². The van der Waals surface area contributed by atoms with Crippen molar-refractivity contribution in [2.24, 2.45) is 0 Å². The first kappa shape index (κ1) is 34.3. The van der Waals surface area contributed by atoms with Gasteiger partial charge in [-0.3, -0.25) is 18.7 Å². The zero-order valence-electron chi connectivity index (χ0n) is 24.7. The van der Waals surface area contributed by atoms with Crippen LogP contribution in [0.5, 0.6) is 0 Å². The number of amides is 4. The molecule has 4 amide bonds. The van der Waals surface area contributed by atoms with Gasteiger partial charge in [0.2, 0.25) is 0 Å². The summed E-state index contributed by atoms with van der Waals surface area (Å²) in [6, 6.07) is 21.1. The molecular weight excluding hydrogens is 634 g/mol. The summed E-state index contributed by atoms with van der Waals surface area (Å²) < 4.78 is 22.4. The van der Waals surface area contributed by atoms with Crippen LogP contribution in [0.25, 0.3) is 0 Å². The molecule has 0 aliphatic rings. The van der Waals surface area contributed by atoms with Gasteiger partial charge < -0.3 is 40.8 Å². The van der Waals surface area contributed by atoms with Gasteiger partial charge in [-0.25, -0.2) is 4.79 Å². The molecule has 8 N–H and O–H groups in total. The number of anilines is 4. The van der Waals surface area contributed by atoms with Gasteiger partial charge in [-0.05, 0) is 84.6 Å². The quantitative estimate of drug-likeness (QED) is 0.0958. The number of carbonyl (C=O) groups is 3. The van der Waals surface area contributed by atoms with Gasteiger partial charge >= 0.3 is 21.2 Å². The summed E-state index contributed by atoms with van der Waals surface area (Å²) in [6.07, 6.45) is -0.818. The zero-order valence-corrected chi connectivity index (χ0v) is 26.5. The second-order valence-electron chi connectivity index (χ2n) is 10.6. The Balaban J connectivity index is 1.39. The number of nitrogens with one attached hydrogen (secondary N) is 4. The van der Waals surface area contributed by atoms with Crippen LogP contribution >= 0.6 is 15.2 Å². The Morgan fingerprint density at radius 1 is 0.543 bits per heavy atom. The first-order valence-electron chi connectivity index (χ1n) is 13.7. The molecule has 46 heavy (non-hydrogen) atoms. The number of urea groups is 1. The van der Waals surface area contributed by atoms with E-state index in [2.05, 4.69) is 21.3 Å². The third-order valence-corrected chi connectivity index (χ3v) is 8.25. The van der Waals surface area contributed by atoms with Gasteiger partial charge in [-0.1, -0.05) is 36.4 Å². The monoisotopic (exact) mass is 666 g/mol. The molecule has 0 bridgehead atoms. The third-order valence-electron chi connectivity index (χ3n) is 6.70. The molecule has 0 unspecified atom stereocenters. The van der Waals surface area contributed by atoms with Crippen molar-refractivity contribution in [2.75, 3.05) is 21.3 Å². The average molecular weight is 667 g/mol. The van der Waals surface area contributed by atoms with Crippen molar-refractivity contribution in [1.82, 2.24) is 0 Å². The van der Waals surface area contributed by atoms with E-state index in [1.54, 1.807) is 38.1 Å². The Morgan fingerprint density at radius 3 is 1.22 bits per heavy atom. The molecule has 4 rings (SSSR count). The molecule has 13 nitrogen and oxygen atoms in total. The highest BCUT2D eigenvalue weighted by Crippen LogP contribution is 2.40. The Morgan fingerprint density at radius 2 is 0.891 bits per heavy atom. The molecule has 0 saturated heterocycles. The van der Waals surface area contributed by atoms with Gasteiger partial charge in [0.1, 0.15) is 0 Å². The van der Waals surface area contributed by atoms with E-state index in [0.717, 1.165) is 0 Å². The minimum Gasteiger partial charge on any atom is -0.324 e. The highest BCUT2D eigenvalue weighted by molar-refractivity contribution is 7.51. The molecule has 0 saturated carbocycles. The maximum atomic E-state index is 13.0. The lowest BCUT2D eigenvalue weighted by Crippen LogP contribution is -2.22. The Labute approximate surface area is 264 Å². The highest BCUT2D eigenvalue weighted by Gasteiger charge is 2.17. The number of benzene rings is 4. The first-order chi connectivity index (χ1) is 21.5. The third kappa shape index (κ3) is 10.2. The topological polar surface area (TPSA) is 214 Å². The smallest absolute Gasteiger partial charge is 0.324 e. The molecule has 0 radical (unpaired) electrons. The van der Waals surface area contributed by atoms with Crippen LogP contribution in [0.15, 0.2) is 84.9 Å². The summed E-state index contributed by atoms with van der Waals surface area (Å²) in [6.45, 7) is 3.51. The van der Waals surface area contributed by atoms with Crippen LogP contribution in [0.4, 0.5) is 27.5 Å². The van der Waals surface area contributed by atoms with E-state index >= 15 is 0 Å². The molecule has 0 aliphatic carbocycles. The van der Waals surface area contributed by atoms with E-state index < -0.39 is 45.4 Å². The lowest BCUT2D eigenvalue weighted by Gasteiger charge is -2.14. The minimum absolute atomic E-state index is 0.254. The van der Waals surface area contributed by atoms with Crippen LogP contribution in [0, 0.1) is 13.8 Å². The minimum atomic E-state index is -4.22. The van der Waals surface area contributed by atoms with Crippen molar-refractivity contribution >= 4 is 55.8 Å². The van der Waals surface area contributed by atoms with Crippen molar-refractivity contribution in [3.8, 4) is 0 Å². The molecule has 240 valence electrons. The summed E-state index contributed by atoms with van der Waals surface area (Å²) in [7, 11) is -8.43. The molecule has 4 aromatic carbocycles. The molecule has 0 fully saturated rings. The van der Waals surface area contributed by atoms with Crippen molar-refractivity contribution < 1.29 is 43.1 Å². The number of hydrogen-bond donors (Lipinski definition) is 8. The molecule has 0 aliphatic heterocycles. The fraction of sp³-hybridized carbons (Fsp3) is 0.129. The molecular formula is C31H32N4O9P2. The van der Waals surface area contributed by atoms with Crippen molar-refractivity contribution in [3.63, 3.8) is 0 Å². The van der Waals surface area contributed by atoms with Crippen molar-refractivity contribution in [1.29, 1.82) is 0 Å². The standard InChI is InChI=1S/C31H32N4O9P2/c1-19-3-9-23(29(36)32-25-11-5-21(6-12-25)17-45(39,40)41)15-27(19)34-31(38)35-28-16-24(10-4-20(28)2)30(37)33-26-13-7-22(8-14-26)18-46(42,43)44/h3-16H,17-18H2,1-2H3,(H,32,36)(H,33,37)(H2,34,35,38)(H2,39,40,41)(H2,42,43,44). The predicted octanol–water partition coefficient (Wildman–Crippen LogP) is 5.81. The summed E-state index contributed by atoms with van der Waals surface area (Å²) in [5, 5.41) is 10.9. The van der Waals surface area contributed by atoms with E-state index in [-0.39, 0.29) is 11.1 Å². The van der Waals surface area contributed by atoms with E-state index in [0.29, 0.717) is 45.0 Å². The number of hydrogen-bond acceptors (Lipinski definition) is 5. The number of rotatable bonds is 10. The van der Waals surface area contributed by atoms with E-state index in [9.17, 15) is 23.5 Å². The summed E-state index contributed by atoms with van der Waals surface area (Å²) in [5.74, 6) is -0.922. The maximum Gasteiger partial charge on any atom is 0.329 e. The van der Waals surface area contributed by atoms with E-state index in [1.165, 1.54) is 60.7 Å². The lowest BCUT2D eigenvalue weighted by atomic mass is 10.1. The number of aryl methyl sites for hydroxylation is 2. The SMILES string of the molecule is Cc1ccc(C(=O)Nc2ccc(CP(=O)(O)O)cc2)cc1NC(=O)Nc1cc(C(=O)Nc2ccc(CP(=O)(O)O)cc2)ccc1C. The molecule has 0 heterocycles. The number of carbonyl (C=O) groups excluding carboxylic acids is 3. The average Bonchev–Trinajstić information content (AvgIpc) is 2.96. The lowest BCUT2D eigenvalue weighted by molar-refractivity contribution is 0.101. The van der Waals surface area contributed by atoms with Crippen LogP contribution in [0.1, 0.15) is 43.0 Å². The predicted molar refractivity (Wildman–Crippen MR) is 175 cm³/mol. The van der Waals surface area contributed by atoms with Gasteiger partial charge in [0.25, 0.3) is 11.8 Å². The Bertz CT molecular complexity index is 1730. The fourth-order valence-corrected chi connectivity index (χ4v) is 5.71. The van der Waals surface area contributed by atoms with Gasteiger partial charge in [0.15, 0.2) is 0 Å². The van der Waals surface area contributed by atoms with Crippen LogP contribution < -0.4 is 21.3 Å². The fourth-order valence-electron chi connectivity index (χ4n) is 4.34. The van der Waals surface area contributed by atoms with Crippen molar-refractivity contribution in [3.05, 3.63) is 118 Å². The normalized spacial score (nSPS) is 11.4. The second kappa shape index (κ2) is 14.2. The molecule has 0 atom stereocenters. The molecule has 15 heteroatoms. The maximum absolute atomic E-state index is 13.0. The zero-order chi connectivity index (χ0) is 33.6. The van der Waals surface area contributed by atoms with Gasteiger partial charge in [0.05, 0.1) is 12.3 Å². The van der Waals surface area contributed by atoms with Crippen LogP contribution in [-0.2, 0) is 21.5 Å². The molecule has 0 spiro atoms. The van der Waals surface area contributed by atoms with Crippen LogP contribution in [-0.4, -0.2) is 37.4 Å². The second-order valence-corrected chi connectivity index (χ2v) is 13.9. The van der Waals surface area contributed by atoms with Gasteiger partial charge in [-0.15, -0.1) is 0 Å². The first-order valence-corrected chi connectivity index (χ1v) is 17.3. The van der Waals surface area contributed by atoms with E-state index in [1.807, 2.05) is 0 Å². The summed E-state index contributed by atoms with van der Waals surface area (Å²) in [5.41, 5.74) is 4.31. The largest absolute Gasteiger partial charge is 0.329 e. The van der Waals surface area contributed by atoms with Crippen LogP contribution in [0.3, 0.4) is 0 Å². The highest BCUT2D eigenvalue weighted by atomic mass is 31.2. The van der Waals surface area contributed by atoms with Gasteiger partial charge in [-0.2, -0.15) is 0 Å². The molecule has 4 aromatic rings. The summed E-state index contributed by atoms with van der Waals surface area (Å²) in [4.78, 5) is 75.2. The Hall–Kier alpha value is -4.61. The Kier molecular flexibility index (Phi) is 10.6.